The van der Waals surface area contributed by atoms with Crippen molar-refractivity contribution in [3.63, 3.8) is 0 Å². The molecule has 0 radical (unpaired) electrons. The summed E-state index contributed by atoms with van der Waals surface area (Å²) < 4.78 is 5.20. The van der Waals surface area contributed by atoms with Crippen LogP contribution in [0.15, 0.2) is 35.9 Å². The van der Waals surface area contributed by atoms with E-state index >= 15 is 0 Å². The van der Waals surface area contributed by atoms with Crippen molar-refractivity contribution in [3.05, 3.63) is 35.9 Å². The largest absolute Gasteiger partial charge is 0.497 e. The van der Waals surface area contributed by atoms with Crippen LogP contribution in [0.25, 0.3) is 0 Å². The van der Waals surface area contributed by atoms with Gasteiger partial charge in [-0.05, 0) is 55.1 Å². The van der Waals surface area contributed by atoms with Crippen LogP contribution in [0.3, 0.4) is 0 Å². The van der Waals surface area contributed by atoms with Gasteiger partial charge in [0.25, 0.3) is 0 Å². The lowest BCUT2D eigenvalue weighted by Gasteiger charge is -2.57. The normalized spacial score (nSPS) is 26.8. The number of hydrogen-bond donors (Lipinski definition) is 2. The molecule has 1 aromatic carbocycles. The number of nitrogens with zero attached hydrogens (tertiary/aromatic N) is 1. The van der Waals surface area contributed by atoms with Crippen LogP contribution in [0.1, 0.15) is 39.5 Å². The van der Waals surface area contributed by atoms with E-state index in [0.29, 0.717) is 5.41 Å². The lowest BCUT2D eigenvalue weighted by molar-refractivity contribution is -0.0113. The van der Waals surface area contributed by atoms with E-state index < -0.39 is 0 Å². The first-order valence-corrected chi connectivity index (χ1v) is 10.6. The van der Waals surface area contributed by atoms with Gasteiger partial charge < -0.3 is 15.4 Å². The molecule has 2 bridgehead atoms. The van der Waals surface area contributed by atoms with Gasteiger partial charge in [0, 0.05) is 37.4 Å². The van der Waals surface area contributed by atoms with Crippen LogP contribution in [0.2, 0.25) is 0 Å². The summed E-state index contributed by atoms with van der Waals surface area (Å²) in [6.07, 6.45) is 7.18. The summed E-state index contributed by atoms with van der Waals surface area (Å²) >= 11 is 0. The number of urea groups is 1. The van der Waals surface area contributed by atoms with Gasteiger partial charge in [0.1, 0.15) is 5.75 Å². The number of rotatable bonds is 5. The molecule has 1 saturated carbocycles. The van der Waals surface area contributed by atoms with Crippen LogP contribution in [-0.4, -0.2) is 43.7 Å². The van der Waals surface area contributed by atoms with Crippen molar-refractivity contribution < 1.29 is 9.53 Å². The Hall–Kier alpha value is -2.01. The Labute approximate surface area is 168 Å². The third-order valence-electron chi connectivity index (χ3n) is 7.24. The minimum atomic E-state index is -0.135. The molecule has 2 amide bonds. The van der Waals surface area contributed by atoms with E-state index in [9.17, 15) is 4.79 Å². The minimum absolute atomic E-state index is 0.135. The third-order valence-corrected chi connectivity index (χ3v) is 7.24. The van der Waals surface area contributed by atoms with E-state index in [2.05, 4.69) is 35.5 Å². The van der Waals surface area contributed by atoms with Crippen LogP contribution in [0, 0.1) is 17.3 Å². The number of hydrogen-bond acceptors (Lipinski definition) is 3. The molecule has 2 N–H and O–H groups in total. The van der Waals surface area contributed by atoms with Gasteiger partial charge in [-0.25, -0.2) is 4.79 Å². The SMILES string of the molecule is COc1cccc(NC(=O)NC2CCN(CC3=CC[C@H]4C[C@H]3C4(C)C)CC2)c1. The zero-order valence-electron chi connectivity index (χ0n) is 17.3. The number of nitrogens with one attached hydrogen (secondary N) is 2. The first kappa shape index (κ1) is 19.3. The maximum Gasteiger partial charge on any atom is 0.319 e. The molecule has 28 heavy (non-hydrogen) atoms. The first-order valence-electron chi connectivity index (χ1n) is 10.6. The lowest BCUT2D eigenvalue weighted by atomic mass is 9.49. The number of likely N-dealkylation sites (tertiary alicyclic amines) is 1. The highest BCUT2D eigenvalue weighted by Gasteiger charge is 2.51. The van der Waals surface area contributed by atoms with E-state index in [4.69, 9.17) is 4.74 Å². The van der Waals surface area contributed by atoms with Crippen molar-refractivity contribution in [3.8, 4) is 5.75 Å². The highest BCUT2D eigenvalue weighted by Crippen LogP contribution is 2.59. The Morgan fingerprint density at radius 2 is 2.07 bits per heavy atom. The number of piperidine rings is 1. The van der Waals surface area contributed by atoms with Crippen LogP contribution in [-0.2, 0) is 0 Å². The Bertz CT molecular complexity index is 750. The van der Waals surface area contributed by atoms with E-state index in [1.807, 2.05) is 24.3 Å². The first-order chi connectivity index (χ1) is 13.5. The smallest absolute Gasteiger partial charge is 0.319 e. The molecule has 0 spiro atoms. The number of anilines is 1. The van der Waals surface area contributed by atoms with Gasteiger partial charge in [0.05, 0.1) is 7.11 Å². The lowest BCUT2D eigenvalue weighted by Crippen LogP contribution is -2.51. The fourth-order valence-electron chi connectivity index (χ4n) is 5.20. The van der Waals surface area contributed by atoms with Crippen LogP contribution < -0.4 is 15.4 Å². The fourth-order valence-corrected chi connectivity index (χ4v) is 5.20. The van der Waals surface area contributed by atoms with Crippen LogP contribution in [0.4, 0.5) is 10.5 Å². The minimum Gasteiger partial charge on any atom is -0.497 e. The average Bonchev–Trinajstić information content (AvgIpc) is 2.69. The van der Waals surface area contributed by atoms with Gasteiger partial charge in [-0.3, -0.25) is 4.90 Å². The second-order valence-corrected chi connectivity index (χ2v) is 9.20. The molecule has 5 rings (SSSR count). The summed E-state index contributed by atoms with van der Waals surface area (Å²) in [6, 6.07) is 7.54. The summed E-state index contributed by atoms with van der Waals surface area (Å²) in [4.78, 5) is 14.9. The zero-order chi connectivity index (χ0) is 19.7. The molecule has 5 heteroatoms. The van der Waals surface area contributed by atoms with Crippen molar-refractivity contribution in [1.29, 1.82) is 0 Å². The molecule has 152 valence electrons. The predicted octanol–water partition coefficient (Wildman–Crippen LogP) is 4.27. The van der Waals surface area contributed by atoms with Crippen LogP contribution >= 0.6 is 0 Å². The standard InChI is InChI=1S/C23H33N3O2/c1-23(2)17-8-7-16(21(23)13-17)15-26-11-9-18(10-12-26)24-22(27)25-19-5-4-6-20(14-19)28-3/h4-7,14,17-18,21H,8-13,15H2,1-3H3,(H2,24,25,27)/t17-,21+/m0/s1. The number of amides is 2. The summed E-state index contributed by atoms with van der Waals surface area (Å²) in [5.74, 6) is 2.43. The summed E-state index contributed by atoms with van der Waals surface area (Å²) in [5.41, 5.74) is 2.91. The molecule has 0 aromatic heterocycles. The van der Waals surface area contributed by atoms with Gasteiger partial charge >= 0.3 is 6.03 Å². The molecule has 1 saturated heterocycles. The molecular weight excluding hydrogens is 350 g/mol. The van der Waals surface area contributed by atoms with Crippen molar-refractivity contribution in [1.82, 2.24) is 10.2 Å². The summed E-state index contributed by atoms with van der Waals surface area (Å²) in [7, 11) is 1.63. The van der Waals surface area contributed by atoms with Gasteiger partial charge in [0.2, 0.25) is 0 Å². The zero-order valence-corrected chi connectivity index (χ0v) is 17.3. The highest BCUT2D eigenvalue weighted by atomic mass is 16.5. The molecule has 5 nitrogen and oxygen atoms in total. The summed E-state index contributed by atoms with van der Waals surface area (Å²) in [6.45, 7) is 8.10. The Kier molecular flexibility index (Phi) is 5.37. The quantitative estimate of drug-likeness (QED) is 0.747. The van der Waals surface area contributed by atoms with Gasteiger partial charge in [-0.2, -0.15) is 0 Å². The van der Waals surface area contributed by atoms with E-state index in [1.165, 1.54) is 12.8 Å². The molecule has 1 heterocycles. The molecule has 3 aliphatic carbocycles. The van der Waals surface area contributed by atoms with Crippen molar-refractivity contribution in [2.24, 2.45) is 17.3 Å². The maximum atomic E-state index is 12.3. The molecule has 0 unspecified atom stereocenters. The molecular formula is C23H33N3O2. The second-order valence-electron chi connectivity index (χ2n) is 9.20. The second kappa shape index (κ2) is 7.78. The van der Waals surface area contributed by atoms with E-state index in [1.54, 1.807) is 12.7 Å². The predicted molar refractivity (Wildman–Crippen MR) is 113 cm³/mol. The molecule has 2 atom stereocenters. The molecule has 4 aliphatic rings. The number of methoxy groups -OCH3 is 1. The average molecular weight is 384 g/mol. The Morgan fingerprint density at radius 3 is 2.75 bits per heavy atom. The van der Waals surface area contributed by atoms with Crippen molar-refractivity contribution in [2.75, 3.05) is 32.1 Å². The van der Waals surface area contributed by atoms with Gasteiger partial charge in [-0.15, -0.1) is 0 Å². The summed E-state index contributed by atoms with van der Waals surface area (Å²) in [5, 5.41) is 6.03. The van der Waals surface area contributed by atoms with Crippen molar-refractivity contribution >= 4 is 11.7 Å². The van der Waals surface area contributed by atoms with Gasteiger partial charge in [0.15, 0.2) is 0 Å². The van der Waals surface area contributed by atoms with E-state index in [-0.39, 0.29) is 12.1 Å². The molecule has 1 aromatic rings. The fraction of sp³-hybridized carbons (Fsp3) is 0.609. The monoisotopic (exact) mass is 383 g/mol. The number of allylic oxidation sites excluding steroid dienone is 1. The molecule has 2 fully saturated rings. The topological polar surface area (TPSA) is 53.6 Å². The highest BCUT2D eigenvalue weighted by molar-refractivity contribution is 5.89. The number of fused-ring (bicyclic) bond motifs is 1. The third kappa shape index (κ3) is 3.90. The van der Waals surface area contributed by atoms with E-state index in [0.717, 1.165) is 55.7 Å². The molecule has 1 aliphatic heterocycles. The van der Waals surface area contributed by atoms with Crippen molar-refractivity contribution in [2.45, 2.75) is 45.6 Å². The van der Waals surface area contributed by atoms with Gasteiger partial charge in [-0.1, -0.05) is 31.6 Å². The Balaban J connectivity index is 1.22. The number of carbonyl (C=O) groups is 1. The number of benzene rings is 1. The Morgan fingerprint density at radius 1 is 1.29 bits per heavy atom. The number of carbonyl (C=O) groups excluding carboxylic acids is 1. The van der Waals surface area contributed by atoms with Crippen LogP contribution in [0.5, 0.6) is 5.75 Å². The number of ether oxygens (including phenoxy) is 1. The maximum absolute atomic E-state index is 12.3.